The number of nitrogens with two attached hydrogens (primary N) is 1. The first-order valence-electron chi connectivity index (χ1n) is 5.78. The molecule has 0 bridgehead atoms. The average molecular weight is 273 g/mol. The highest BCUT2D eigenvalue weighted by molar-refractivity contribution is 6.31. The Kier molecular flexibility index (Phi) is 5.11. The monoisotopic (exact) mass is 272 g/mol. The number of hydrogen-bond donors (Lipinski definition) is 1. The lowest BCUT2D eigenvalue weighted by molar-refractivity contribution is -0.132. The number of likely N-dealkylation sites (N-methyl/N-ethyl adjacent to an activating group) is 1. The fourth-order valence-corrected chi connectivity index (χ4v) is 1.76. The number of hydrogen-bond acceptors (Lipinski definition) is 2. The Morgan fingerprint density at radius 2 is 2.11 bits per heavy atom. The van der Waals surface area contributed by atoms with Crippen molar-refractivity contribution >= 4 is 17.5 Å². The first-order valence-corrected chi connectivity index (χ1v) is 6.15. The molecule has 0 heterocycles. The maximum atomic E-state index is 13.6. The molecule has 0 saturated heterocycles. The van der Waals surface area contributed by atoms with Gasteiger partial charge in [-0.25, -0.2) is 4.39 Å². The van der Waals surface area contributed by atoms with Crippen molar-refractivity contribution in [1.82, 2.24) is 4.90 Å². The smallest absolute Gasteiger partial charge is 0.239 e. The minimum Gasteiger partial charge on any atom is -0.340 e. The van der Waals surface area contributed by atoms with Crippen LogP contribution < -0.4 is 5.73 Å². The molecule has 0 radical (unpaired) electrons. The Bertz CT molecular complexity index is 417. The highest BCUT2D eigenvalue weighted by atomic mass is 35.5. The fraction of sp³-hybridized carbons (Fsp3) is 0.462. The minimum absolute atomic E-state index is 0.0380. The third-order valence-electron chi connectivity index (χ3n) is 2.84. The zero-order valence-electron chi connectivity index (χ0n) is 10.8. The van der Waals surface area contributed by atoms with E-state index in [2.05, 4.69) is 0 Å². The molecule has 2 N–H and O–H groups in total. The molecule has 18 heavy (non-hydrogen) atoms. The molecule has 0 saturated carbocycles. The van der Waals surface area contributed by atoms with Crippen LogP contribution in [0.5, 0.6) is 0 Å². The summed E-state index contributed by atoms with van der Waals surface area (Å²) in [6, 6.07) is 3.87. The number of halogens is 2. The predicted octanol–water partition coefficient (Wildman–Crippen LogP) is 2.42. The van der Waals surface area contributed by atoms with Crippen molar-refractivity contribution < 1.29 is 9.18 Å². The van der Waals surface area contributed by atoms with Gasteiger partial charge in [0.05, 0.1) is 6.04 Å². The van der Waals surface area contributed by atoms with E-state index in [1.165, 1.54) is 17.0 Å². The Balaban J connectivity index is 2.82. The third-order valence-corrected chi connectivity index (χ3v) is 3.19. The largest absolute Gasteiger partial charge is 0.340 e. The van der Waals surface area contributed by atoms with Crippen LogP contribution >= 0.6 is 11.6 Å². The van der Waals surface area contributed by atoms with Crippen molar-refractivity contribution in [3.05, 3.63) is 34.6 Å². The molecule has 0 aliphatic rings. The van der Waals surface area contributed by atoms with Gasteiger partial charge < -0.3 is 10.6 Å². The second-order valence-electron chi connectivity index (χ2n) is 4.66. The van der Waals surface area contributed by atoms with Crippen molar-refractivity contribution in [3.63, 3.8) is 0 Å². The van der Waals surface area contributed by atoms with E-state index in [-0.39, 0.29) is 18.4 Å². The molecule has 0 aliphatic heterocycles. The summed E-state index contributed by atoms with van der Waals surface area (Å²) < 4.78 is 13.6. The van der Waals surface area contributed by atoms with Gasteiger partial charge in [-0.05, 0) is 18.1 Å². The second-order valence-corrected chi connectivity index (χ2v) is 5.07. The highest BCUT2D eigenvalue weighted by Crippen LogP contribution is 2.20. The summed E-state index contributed by atoms with van der Waals surface area (Å²) in [6.07, 6.45) is 0. The Morgan fingerprint density at radius 3 is 2.61 bits per heavy atom. The standard InChI is InChI=1S/C13H18ClFN2O/c1-8(2)12(16)13(18)17(3)7-9-10(14)5-4-6-11(9)15/h4-6,8,12H,7,16H2,1-3H3. The molecular formula is C13H18ClFN2O. The molecule has 1 unspecified atom stereocenters. The lowest BCUT2D eigenvalue weighted by Crippen LogP contribution is -2.44. The van der Waals surface area contributed by atoms with Gasteiger partial charge in [0, 0.05) is 24.2 Å². The van der Waals surface area contributed by atoms with E-state index < -0.39 is 11.9 Å². The molecule has 1 aromatic carbocycles. The van der Waals surface area contributed by atoms with Gasteiger partial charge in [0.1, 0.15) is 5.82 Å². The minimum atomic E-state index is -0.583. The van der Waals surface area contributed by atoms with Crippen molar-refractivity contribution in [2.45, 2.75) is 26.4 Å². The molecular weight excluding hydrogens is 255 g/mol. The Labute approximate surface area is 112 Å². The fourth-order valence-electron chi connectivity index (χ4n) is 1.54. The molecule has 1 aromatic rings. The summed E-state index contributed by atoms with van der Waals surface area (Å²) in [6.45, 7) is 3.85. The summed E-state index contributed by atoms with van der Waals surface area (Å²) in [5.41, 5.74) is 6.08. The first kappa shape index (κ1) is 14.9. The van der Waals surface area contributed by atoms with Gasteiger partial charge in [-0.1, -0.05) is 31.5 Å². The molecule has 1 atom stereocenters. The maximum Gasteiger partial charge on any atom is 0.239 e. The summed E-state index contributed by atoms with van der Waals surface area (Å²) >= 11 is 5.91. The number of amides is 1. The van der Waals surface area contributed by atoms with Crippen molar-refractivity contribution in [2.75, 3.05) is 7.05 Å². The first-order chi connectivity index (χ1) is 8.34. The molecule has 3 nitrogen and oxygen atoms in total. The summed E-state index contributed by atoms with van der Waals surface area (Å²) in [5.74, 6) is -0.597. The predicted molar refractivity (Wildman–Crippen MR) is 70.7 cm³/mol. The van der Waals surface area contributed by atoms with Gasteiger partial charge in [0.2, 0.25) is 5.91 Å². The summed E-state index contributed by atoms with van der Waals surface area (Å²) in [5, 5.41) is 0.313. The van der Waals surface area contributed by atoms with Gasteiger partial charge in [-0.15, -0.1) is 0 Å². The van der Waals surface area contributed by atoms with Crippen LogP contribution in [0.2, 0.25) is 5.02 Å². The molecule has 5 heteroatoms. The molecule has 1 rings (SSSR count). The second kappa shape index (κ2) is 6.16. The van der Waals surface area contributed by atoms with E-state index in [1.54, 1.807) is 13.1 Å². The molecule has 0 spiro atoms. The highest BCUT2D eigenvalue weighted by Gasteiger charge is 2.22. The van der Waals surface area contributed by atoms with Gasteiger partial charge in [0.15, 0.2) is 0 Å². The van der Waals surface area contributed by atoms with Crippen LogP contribution in [0.4, 0.5) is 4.39 Å². The summed E-state index contributed by atoms with van der Waals surface area (Å²) in [7, 11) is 1.59. The number of rotatable bonds is 4. The molecule has 0 fully saturated rings. The zero-order valence-corrected chi connectivity index (χ0v) is 11.5. The number of carbonyl (C=O) groups is 1. The SMILES string of the molecule is CC(C)C(N)C(=O)N(C)Cc1c(F)cccc1Cl. The van der Waals surface area contributed by atoms with E-state index in [0.29, 0.717) is 10.6 Å². The Morgan fingerprint density at radius 1 is 1.50 bits per heavy atom. The van der Waals surface area contributed by atoms with Crippen LogP contribution in [-0.2, 0) is 11.3 Å². The van der Waals surface area contributed by atoms with Crippen molar-refractivity contribution in [2.24, 2.45) is 11.7 Å². The lowest BCUT2D eigenvalue weighted by atomic mass is 10.0. The van der Waals surface area contributed by atoms with E-state index in [0.717, 1.165) is 0 Å². The normalized spacial score (nSPS) is 12.6. The quantitative estimate of drug-likeness (QED) is 0.915. The van der Waals surface area contributed by atoms with E-state index in [1.807, 2.05) is 13.8 Å². The van der Waals surface area contributed by atoms with Gasteiger partial charge in [-0.3, -0.25) is 4.79 Å². The zero-order chi connectivity index (χ0) is 13.9. The van der Waals surface area contributed by atoms with Crippen LogP contribution in [0.25, 0.3) is 0 Å². The molecule has 0 aromatic heterocycles. The molecule has 0 aliphatic carbocycles. The lowest BCUT2D eigenvalue weighted by Gasteiger charge is -2.24. The van der Waals surface area contributed by atoms with E-state index in [4.69, 9.17) is 17.3 Å². The van der Waals surface area contributed by atoms with Crippen LogP contribution in [0.3, 0.4) is 0 Å². The number of benzene rings is 1. The van der Waals surface area contributed by atoms with E-state index >= 15 is 0 Å². The number of carbonyl (C=O) groups excluding carboxylic acids is 1. The van der Waals surface area contributed by atoms with Gasteiger partial charge in [-0.2, -0.15) is 0 Å². The molecule has 100 valence electrons. The third kappa shape index (κ3) is 3.43. The average Bonchev–Trinajstić information content (AvgIpc) is 2.31. The van der Waals surface area contributed by atoms with Gasteiger partial charge >= 0.3 is 0 Å². The van der Waals surface area contributed by atoms with E-state index in [9.17, 15) is 9.18 Å². The molecule has 1 amide bonds. The van der Waals surface area contributed by atoms with Crippen LogP contribution in [0.15, 0.2) is 18.2 Å². The number of nitrogens with zero attached hydrogens (tertiary/aromatic N) is 1. The Hall–Kier alpha value is -1.13. The van der Waals surface area contributed by atoms with Crippen molar-refractivity contribution in [1.29, 1.82) is 0 Å². The summed E-state index contributed by atoms with van der Waals surface area (Å²) in [4.78, 5) is 13.3. The van der Waals surface area contributed by atoms with Crippen LogP contribution in [0.1, 0.15) is 19.4 Å². The van der Waals surface area contributed by atoms with Crippen LogP contribution in [-0.4, -0.2) is 23.9 Å². The van der Waals surface area contributed by atoms with Crippen molar-refractivity contribution in [3.8, 4) is 0 Å². The topological polar surface area (TPSA) is 46.3 Å². The maximum absolute atomic E-state index is 13.6. The van der Waals surface area contributed by atoms with Gasteiger partial charge in [0.25, 0.3) is 0 Å². The van der Waals surface area contributed by atoms with Crippen LogP contribution in [0, 0.1) is 11.7 Å².